The van der Waals surface area contributed by atoms with Crippen LogP contribution in [0.15, 0.2) is 14.3 Å². The summed E-state index contributed by atoms with van der Waals surface area (Å²) in [6.45, 7) is 4.26. The average Bonchev–Trinajstić information content (AvgIpc) is 2.42. The summed E-state index contributed by atoms with van der Waals surface area (Å²) < 4.78 is 2.11. The Balaban J connectivity index is 2.78. The van der Waals surface area contributed by atoms with E-state index in [2.05, 4.69) is 51.0 Å². The molecule has 0 aliphatic carbocycles. The van der Waals surface area contributed by atoms with Gasteiger partial charge in [0.05, 0.1) is 16.4 Å². The minimum atomic E-state index is 0.0302. The molecule has 1 rings (SSSR count). The van der Waals surface area contributed by atoms with Gasteiger partial charge in [0.15, 0.2) is 0 Å². The van der Waals surface area contributed by atoms with E-state index >= 15 is 0 Å². The van der Waals surface area contributed by atoms with E-state index in [-0.39, 0.29) is 12.6 Å². The Labute approximate surface area is 105 Å². The van der Waals surface area contributed by atoms with Crippen LogP contribution < -0.4 is 5.32 Å². The van der Waals surface area contributed by atoms with Gasteiger partial charge in [-0.05, 0) is 37.9 Å². The van der Waals surface area contributed by atoms with Crippen molar-refractivity contribution in [2.45, 2.75) is 25.9 Å². The minimum Gasteiger partial charge on any atom is -0.394 e. The number of halogens is 2. The predicted molar refractivity (Wildman–Crippen MR) is 67.8 cm³/mol. The highest BCUT2D eigenvalue weighted by Crippen LogP contribution is 2.35. The Morgan fingerprint density at radius 2 is 2.14 bits per heavy atom. The summed E-state index contributed by atoms with van der Waals surface area (Å²) in [7, 11) is 0. The van der Waals surface area contributed by atoms with Gasteiger partial charge in [-0.2, -0.15) is 0 Å². The lowest BCUT2D eigenvalue weighted by atomic mass is 10.2. The van der Waals surface area contributed by atoms with Crippen molar-refractivity contribution < 1.29 is 5.11 Å². The zero-order valence-electron chi connectivity index (χ0n) is 8.05. The van der Waals surface area contributed by atoms with Crippen LogP contribution in [0.25, 0.3) is 0 Å². The molecule has 1 atom stereocenters. The normalized spacial score (nSPS) is 13.6. The van der Waals surface area contributed by atoms with Crippen molar-refractivity contribution >= 4 is 43.2 Å². The molecule has 1 heterocycles. The van der Waals surface area contributed by atoms with Gasteiger partial charge in [-0.15, -0.1) is 11.3 Å². The highest BCUT2D eigenvalue weighted by molar-refractivity contribution is 9.13. The summed E-state index contributed by atoms with van der Waals surface area (Å²) in [4.78, 5) is 1.14. The summed E-state index contributed by atoms with van der Waals surface area (Å²) >= 11 is 8.51. The van der Waals surface area contributed by atoms with Crippen LogP contribution in [-0.4, -0.2) is 17.8 Å². The van der Waals surface area contributed by atoms with Crippen molar-refractivity contribution in [1.29, 1.82) is 0 Å². The third-order valence-corrected chi connectivity index (χ3v) is 5.09. The fraction of sp³-hybridized carbons (Fsp3) is 0.556. The Bertz CT molecular complexity index is 282. The first-order chi connectivity index (χ1) is 6.54. The molecule has 5 heteroatoms. The van der Waals surface area contributed by atoms with E-state index in [0.29, 0.717) is 6.04 Å². The van der Waals surface area contributed by atoms with Gasteiger partial charge >= 0.3 is 0 Å². The second-order valence-electron chi connectivity index (χ2n) is 3.33. The molecule has 0 aliphatic heterocycles. The molecule has 0 amide bonds. The smallest absolute Gasteiger partial charge is 0.0843 e. The zero-order chi connectivity index (χ0) is 10.7. The highest BCUT2D eigenvalue weighted by Gasteiger charge is 2.15. The molecule has 0 spiro atoms. The largest absolute Gasteiger partial charge is 0.394 e. The van der Waals surface area contributed by atoms with Crippen molar-refractivity contribution in [1.82, 2.24) is 5.32 Å². The monoisotopic (exact) mass is 341 g/mol. The number of thiophene rings is 1. The van der Waals surface area contributed by atoms with Crippen molar-refractivity contribution in [2.24, 2.45) is 0 Å². The molecular formula is C9H13Br2NOS. The Morgan fingerprint density at radius 3 is 2.50 bits per heavy atom. The van der Waals surface area contributed by atoms with Crippen LogP contribution in [0.3, 0.4) is 0 Å². The van der Waals surface area contributed by atoms with E-state index in [4.69, 9.17) is 0 Å². The maximum absolute atomic E-state index is 9.24. The molecule has 0 bridgehead atoms. The summed E-state index contributed by atoms with van der Waals surface area (Å²) in [6, 6.07) is 2.43. The molecule has 2 N–H and O–H groups in total. The number of hydrogen-bond donors (Lipinski definition) is 2. The second kappa shape index (κ2) is 5.61. The van der Waals surface area contributed by atoms with E-state index in [1.54, 1.807) is 11.3 Å². The van der Waals surface area contributed by atoms with Crippen LogP contribution in [0.5, 0.6) is 0 Å². The fourth-order valence-corrected chi connectivity index (χ4v) is 3.30. The molecule has 14 heavy (non-hydrogen) atoms. The molecule has 0 fully saturated rings. The molecule has 1 unspecified atom stereocenters. The van der Waals surface area contributed by atoms with Gasteiger partial charge in [-0.3, -0.25) is 0 Å². The third-order valence-electron chi connectivity index (χ3n) is 1.72. The topological polar surface area (TPSA) is 32.3 Å². The molecule has 0 aromatic carbocycles. The molecule has 2 nitrogen and oxygen atoms in total. The highest BCUT2D eigenvalue weighted by atomic mass is 79.9. The van der Waals surface area contributed by atoms with Crippen LogP contribution in [0.1, 0.15) is 24.8 Å². The molecule has 0 saturated heterocycles. The maximum Gasteiger partial charge on any atom is 0.0843 e. The van der Waals surface area contributed by atoms with Crippen molar-refractivity contribution in [3.05, 3.63) is 19.2 Å². The minimum absolute atomic E-state index is 0.0302. The van der Waals surface area contributed by atoms with Gasteiger partial charge in [0.2, 0.25) is 0 Å². The van der Waals surface area contributed by atoms with E-state index in [1.165, 1.54) is 0 Å². The number of nitrogens with one attached hydrogen (secondary N) is 1. The molecule has 1 aromatic heterocycles. The lowest BCUT2D eigenvalue weighted by Crippen LogP contribution is -2.29. The second-order valence-corrected chi connectivity index (χ2v) is 6.58. The average molecular weight is 343 g/mol. The van der Waals surface area contributed by atoms with Gasteiger partial charge in [-0.1, -0.05) is 13.8 Å². The standard InChI is InChI=1S/C9H13Br2NOS/c1-5(2)12-7(4-13)8-3-6(10)9(11)14-8/h3,5,7,12-13H,4H2,1-2H3. The van der Waals surface area contributed by atoms with Gasteiger partial charge in [0.1, 0.15) is 0 Å². The van der Waals surface area contributed by atoms with Crippen molar-refractivity contribution in [3.63, 3.8) is 0 Å². The van der Waals surface area contributed by atoms with Crippen LogP contribution in [-0.2, 0) is 0 Å². The van der Waals surface area contributed by atoms with Crippen LogP contribution in [0.2, 0.25) is 0 Å². The number of aliphatic hydroxyl groups is 1. The quantitative estimate of drug-likeness (QED) is 0.879. The zero-order valence-corrected chi connectivity index (χ0v) is 12.0. The number of rotatable bonds is 4. The first kappa shape index (κ1) is 12.6. The summed E-state index contributed by atoms with van der Waals surface area (Å²) in [5.41, 5.74) is 0. The third kappa shape index (κ3) is 3.31. The Kier molecular flexibility index (Phi) is 5.06. The summed E-state index contributed by atoms with van der Waals surface area (Å²) in [5, 5.41) is 12.5. The summed E-state index contributed by atoms with van der Waals surface area (Å²) in [5.74, 6) is 0. The lowest BCUT2D eigenvalue weighted by molar-refractivity contribution is 0.239. The first-order valence-electron chi connectivity index (χ1n) is 4.36. The lowest BCUT2D eigenvalue weighted by Gasteiger charge is -2.17. The van der Waals surface area contributed by atoms with Crippen LogP contribution in [0, 0.1) is 0 Å². The first-order valence-corrected chi connectivity index (χ1v) is 6.76. The van der Waals surface area contributed by atoms with E-state index in [0.717, 1.165) is 13.1 Å². The SMILES string of the molecule is CC(C)NC(CO)c1cc(Br)c(Br)s1. The molecule has 80 valence electrons. The molecule has 1 aromatic rings. The van der Waals surface area contributed by atoms with E-state index in [9.17, 15) is 5.11 Å². The van der Waals surface area contributed by atoms with Crippen LogP contribution >= 0.6 is 43.2 Å². The fourth-order valence-electron chi connectivity index (χ4n) is 1.16. The van der Waals surface area contributed by atoms with Crippen LogP contribution in [0.4, 0.5) is 0 Å². The van der Waals surface area contributed by atoms with Crippen molar-refractivity contribution in [3.8, 4) is 0 Å². The van der Waals surface area contributed by atoms with Gasteiger partial charge in [0.25, 0.3) is 0 Å². The van der Waals surface area contributed by atoms with Gasteiger partial charge in [0, 0.05) is 15.4 Å². The van der Waals surface area contributed by atoms with E-state index in [1.807, 2.05) is 6.07 Å². The maximum atomic E-state index is 9.24. The summed E-state index contributed by atoms with van der Waals surface area (Å²) in [6.07, 6.45) is 0. The van der Waals surface area contributed by atoms with E-state index < -0.39 is 0 Å². The van der Waals surface area contributed by atoms with Gasteiger partial charge in [-0.25, -0.2) is 0 Å². The number of aliphatic hydroxyl groups excluding tert-OH is 1. The Hall–Kier alpha value is 0.580. The van der Waals surface area contributed by atoms with Gasteiger partial charge < -0.3 is 10.4 Å². The molecule has 0 aliphatic rings. The van der Waals surface area contributed by atoms with Crippen molar-refractivity contribution in [2.75, 3.05) is 6.61 Å². The Morgan fingerprint density at radius 1 is 1.50 bits per heavy atom. The molecule has 0 radical (unpaired) electrons. The molecular weight excluding hydrogens is 330 g/mol. The predicted octanol–water partition coefficient (Wildman–Crippen LogP) is 3.30. The number of hydrogen-bond acceptors (Lipinski definition) is 3. The molecule has 0 saturated carbocycles.